The van der Waals surface area contributed by atoms with E-state index in [0.29, 0.717) is 0 Å². The third-order valence-corrected chi connectivity index (χ3v) is 3.20. The summed E-state index contributed by atoms with van der Waals surface area (Å²) in [5.74, 6) is 0. The predicted octanol–water partition coefficient (Wildman–Crippen LogP) is -0.146. The Hall–Kier alpha value is -0.0800. The van der Waals surface area contributed by atoms with Crippen LogP contribution in [0.1, 0.15) is 25.7 Å². The highest BCUT2D eigenvalue weighted by Crippen LogP contribution is 2.32. The lowest BCUT2D eigenvalue weighted by Crippen LogP contribution is -2.66. The molecule has 2 aliphatic rings. The SMILES string of the molecule is CN1[C@@H]2CC[C@H]1CC([NH3+])C2. The number of hydrogen-bond donors (Lipinski definition) is 1. The van der Waals surface area contributed by atoms with Gasteiger partial charge in [-0.2, -0.15) is 0 Å². The van der Waals surface area contributed by atoms with Gasteiger partial charge in [0.1, 0.15) is 0 Å². The van der Waals surface area contributed by atoms with Gasteiger partial charge in [0, 0.05) is 24.9 Å². The molecule has 2 bridgehead atoms. The van der Waals surface area contributed by atoms with Gasteiger partial charge in [-0.1, -0.05) is 0 Å². The van der Waals surface area contributed by atoms with Gasteiger partial charge in [0.25, 0.3) is 0 Å². The molecule has 0 aromatic rings. The fraction of sp³-hybridized carbons (Fsp3) is 1.00. The highest BCUT2D eigenvalue weighted by Gasteiger charge is 2.38. The van der Waals surface area contributed by atoms with Crippen molar-refractivity contribution in [3.8, 4) is 0 Å². The standard InChI is InChI=1S/C8H16N2/c1-10-7-2-3-8(10)5-6(9)4-7/h6-8H,2-5,9H2,1H3/p+1/t6?,7-,8+. The summed E-state index contributed by atoms with van der Waals surface area (Å²) in [7, 11) is 2.27. The molecule has 3 N–H and O–H groups in total. The Kier molecular flexibility index (Phi) is 1.46. The Labute approximate surface area is 62.4 Å². The Morgan fingerprint density at radius 3 is 2.20 bits per heavy atom. The van der Waals surface area contributed by atoms with Crippen molar-refractivity contribution in [3.05, 3.63) is 0 Å². The van der Waals surface area contributed by atoms with Crippen molar-refractivity contribution >= 4 is 0 Å². The minimum absolute atomic E-state index is 0.744. The van der Waals surface area contributed by atoms with E-state index in [-0.39, 0.29) is 0 Å². The molecule has 0 radical (unpaired) electrons. The van der Waals surface area contributed by atoms with Crippen LogP contribution in [0, 0.1) is 0 Å². The molecule has 1 unspecified atom stereocenters. The second-order valence-corrected chi connectivity index (χ2v) is 3.89. The Bertz CT molecular complexity index is 121. The van der Waals surface area contributed by atoms with Gasteiger partial charge in [-0.3, -0.25) is 4.90 Å². The van der Waals surface area contributed by atoms with Gasteiger partial charge in [0.2, 0.25) is 0 Å². The van der Waals surface area contributed by atoms with E-state index in [1.807, 2.05) is 0 Å². The maximum atomic E-state index is 4.15. The molecule has 2 nitrogen and oxygen atoms in total. The number of piperidine rings is 1. The highest BCUT2D eigenvalue weighted by molar-refractivity contribution is 4.92. The molecular formula is C8H17N2+. The molecule has 0 amide bonds. The first kappa shape index (κ1) is 6.62. The summed E-state index contributed by atoms with van der Waals surface area (Å²) in [6, 6.07) is 2.50. The first-order valence-electron chi connectivity index (χ1n) is 4.32. The molecule has 58 valence electrons. The molecular weight excluding hydrogens is 124 g/mol. The van der Waals surface area contributed by atoms with E-state index in [2.05, 4.69) is 17.7 Å². The number of rotatable bonds is 0. The topological polar surface area (TPSA) is 30.9 Å². The van der Waals surface area contributed by atoms with Crippen LogP contribution in [0.2, 0.25) is 0 Å². The van der Waals surface area contributed by atoms with Crippen LogP contribution in [0.25, 0.3) is 0 Å². The van der Waals surface area contributed by atoms with E-state index in [9.17, 15) is 0 Å². The molecule has 2 heterocycles. The maximum Gasteiger partial charge on any atom is 0.0873 e. The van der Waals surface area contributed by atoms with Gasteiger partial charge in [0.15, 0.2) is 0 Å². The molecule has 3 atom stereocenters. The van der Waals surface area contributed by atoms with Gasteiger partial charge >= 0.3 is 0 Å². The number of quaternary nitrogens is 1. The van der Waals surface area contributed by atoms with Crippen molar-refractivity contribution in [2.45, 2.75) is 43.8 Å². The fourth-order valence-electron chi connectivity index (χ4n) is 2.52. The monoisotopic (exact) mass is 141 g/mol. The molecule has 2 aliphatic heterocycles. The van der Waals surface area contributed by atoms with Crippen LogP contribution in [-0.4, -0.2) is 30.1 Å². The van der Waals surface area contributed by atoms with Gasteiger partial charge < -0.3 is 5.73 Å². The average molecular weight is 141 g/mol. The van der Waals surface area contributed by atoms with Crippen molar-refractivity contribution in [2.24, 2.45) is 0 Å². The lowest BCUT2D eigenvalue weighted by Gasteiger charge is -2.32. The molecule has 2 saturated heterocycles. The van der Waals surface area contributed by atoms with E-state index in [1.54, 1.807) is 0 Å². The van der Waals surface area contributed by atoms with Gasteiger partial charge in [-0.05, 0) is 19.9 Å². The largest absolute Gasteiger partial charge is 0.355 e. The molecule has 2 rings (SSSR count). The first-order valence-corrected chi connectivity index (χ1v) is 4.32. The quantitative estimate of drug-likeness (QED) is 0.500. The van der Waals surface area contributed by atoms with Crippen LogP contribution >= 0.6 is 0 Å². The molecule has 2 fully saturated rings. The summed E-state index contributed by atoms with van der Waals surface area (Å²) >= 11 is 0. The summed E-state index contributed by atoms with van der Waals surface area (Å²) in [6.07, 6.45) is 5.53. The average Bonchev–Trinajstić information content (AvgIpc) is 2.20. The summed E-state index contributed by atoms with van der Waals surface area (Å²) in [5, 5.41) is 0. The zero-order chi connectivity index (χ0) is 7.14. The summed E-state index contributed by atoms with van der Waals surface area (Å²) < 4.78 is 0. The Morgan fingerprint density at radius 1 is 1.20 bits per heavy atom. The van der Waals surface area contributed by atoms with E-state index >= 15 is 0 Å². The van der Waals surface area contributed by atoms with Crippen molar-refractivity contribution in [3.63, 3.8) is 0 Å². The minimum atomic E-state index is 0.744. The third kappa shape index (κ3) is 0.867. The van der Waals surface area contributed by atoms with Gasteiger partial charge in [-0.15, -0.1) is 0 Å². The minimum Gasteiger partial charge on any atom is -0.355 e. The maximum absolute atomic E-state index is 4.15. The summed E-state index contributed by atoms with van der Waals surface area (Å²) in [6.45, 7) is 0. The van der Waals surface area contributed by atoms with Crippen molar-refractivity contribution < 1.29 is 5.73 Å². The summed E-state index contributed by atoms with van der Waals surface area (Å²) in [5.41, 5.74) is 4.15. The Balaban J connectivity index is 2.09. The van der Waals surface area contributed by atoms with Crippen molar-refractivity contribution in [1.82, 2.24) is 4.90 Å². The zero-order valence-electron chi connectivity index (χ0n) is 6.71. The van der Waals surface area contributed by atoms with Crippen molar-refractivity contribution in [2.75, 3.05) is 7.05 Å². The lowest BCUT2D eigenvalue weighted by atomic mass is 9.99. The van der Waals surface area contributed by atoms with Crippen LogP contribution in [0.15, 0.2) is 0 Å². The van der Waals surface area contributed by atoms with Crippen LogP contribution in [-0.2, 0) is 0 Å². The highest BCUT2D eigenvalue weighted by atomic mass is 15.2. The number of fused-ring (bicyclic) bond motifs is 2. The Morgan fingerprint density at radius 2 is 1.70 bits per heavy atom. The number of hydrogen-bond acceptors (Lipinski definition) is 1. The molecule has 2 heteroatoms. The van der Waals surface area contributed by atoms with Gasteiger partial charge in [-0.25, -0.2) is 0 Å². The second-order valence-electron chi connectivity index (χ2n) is 3.89. The van der Waals surface area contributed by atoms with Crippen molar-refractivity contribution in [1.29, 1.82) is 0 Å². The lowest BCUT2D eigenvalue weighted by molar-refractivity contribution is -0.429. The molecule has 0 saturated carbocycles. The van der Waals surface area contributed by atoms with Crippen LogP contribution in [0.3, 0.4) is 0 Å². The predicted molar refractivity (Wildman–Crippen MR) is 40.5 cm³/mol. The van der Waals surface area contributed by atoms with Crippen LogP contribution in [0.5, 0.6) is 0 Å². The van der Waals surface area contributed by atoms with E-state index in [0.717, 1.165) is 18.1 Å². The normalized spacial score (nSPS) is 48.0. The number of nitrogens with zero attached hydrogens (tertiary/aromatic N) is 1. The third-order valence-electron chi connectivity index (χ3n) is 3.20. The molecule has 10 heavy (non-hydrogen) atoms. The van der Waals surface area contributed by atoms with Gasteiger partial charge in [0.05, 0.1) is 6.04 Å². The van der Waals surface area contributed by atoms with E-state index in [1.165, 1.54) is 25.7 Å². The molecule has 0 aliphatic carbocycles. The molecule has 0 aromatic heterocycles. The van der Waals surface area contributed by atoms with E-state index in [4.69, 9.17) is 0 Å². The summed E-state index contributed by atoms with van der Waals surface area (Å²) in [4.78, 5) is 2.56. The van der Waals surface area contributed by atoms with Crippen LogP contribution in [0.4, 0.5) is 0 Å². The first-order chi connectivity index (χ1) is 4.77. The second kappa shape index (κ2) is 2.21. The van der Waals surface area contributed by atoms with Crippen LogP contribution < -0.4 is 5.73 Å². The van der Waals surface area contributed by atoms with E-state index < -0.39 is 0 Å². The zero-order valence-corrected chi connectivity index (χ0v) is 6.71. The molecule has 0 aromatic carbocycles. The molecule has 0 spiro atoms. The fourth-order valence-corrected chi connectivity index (χ4v) is 2.52. The smallest absolute Gasteiger partial charge is 0.0873 e.